The van der Waals surface area contributed by atoms with Crippen molar-refractivity contribution >= 4 is 5.97 Å². The predicted octanol–water partition coefficient (Wildman–Crippen LogP) is 2.15. The summed E-state index contributed by atoms with van der Waals surface area (Å²) in [6.07, 6.45) is -1.42. The number of halogens is 2. The van der Waals surface area contributed by atoms with Crippen LogP contribution in [0, 0.1) is 0 Å². The van der Waals surface area contributed by atoms with Crippen LogP contribution in [-0.4, -0.2) is 18.0 Å². The lowest BCUT2D eigenvalue weighted by molar-refractivity contribution is -0.162. The molecule has 0 aromatic rings. The first kappa shape index (κ1) is 11.1. The Balaban J connectivity index is 4.11. The monoisotopic (exact) mass is 178 g/mol. The minimum absolute atomic E-state index is 0.117. The van der Waals surface area contributed by atoms with Crippen LogP contribution in [0.5, 0.6) is 0 Å². The minimum atomic E-state index is -3.01. The molecule has 0 bridgehead atoms. The number of hydrogen-bond donors (Lipinski definition) is 0. The van der Waals surface area contributed by atoms with Crippen LogP contribution in [0.4, 0.5) is 8.78 Å². The lowest BCUT2D eigenvalue weighted by Crippen LogP contribution is -2.32. The van der Waals surface area contributed by atoms with Crippen LogP contribution in [0.2, 0.25) is 0 Å². The molecule has 70 valence electrons. The van der Waals surface area contributed by atoms with Crippen LogP contribution in [0.25, 0.3) is 0 Å². The first-order chi connectivity index (χ1) is 5.25. The van der Waals surface area contributed by atoms with Gasteiger partial charge >= 0.3 is 5.97 Å². The van der Waals surface area contributed by atoms with Gasteiger partial charge in [0.15, 0.2) is 6.10 Å². The minimum Gasteiger partial charge on any atom is -0.453 e. The maximum absolute atomic E-state index is 12.4. The number of ether oxygens (including phenoxy) is 1. The largest absolute Gasteiger partial charge is 0.453 e. The van der Waals surface area contributed by atoms with Crippen molar-refractivity contribution in [1.29, 1.82) is 0 Å². The van der Waals surface area contributed by atoms with Crippen LogP contribution in [0.3, 0.4) is 0 Å². The topological polar surface area (TPSA) is 26.3 Å². The highest BCUT2D eigenvalue weighted by Gasteiger charge is 2.33. The second-order valence-electron chi connectivity index (χ2n) is 2.78. The molecule has 0 aromatic carbocycles. The van der Waals surface area contributed by atoms with Crippen molar-refractivity contribution in [1.82, 2.24) is 0 Å². The zero-order chi connectivity index (χ0) is 9.94. The number of carbonyl (C=O) groups excluding carboxylic acids is 1. The standard InChI is InChI=1S/C8H12F2O2/c1-5(2)7(11)12-6(3)8(4,9)10/h6H,1H2,2-4H3. The maximum atomic E-state index is 12.4. The van der Waals surface area contributed by atoms with Gasteiger partial charge in [0.05, 0.1) is 0 Å². The molecule has 4 heteroatoms. The molecule has 0 saturated heterocycles. The van der Waals surface area contributed by atoms with E-state index in [0.29, 0.717) is 6.92 Å². The molecule has 2 nitrogen and oxygen atoms in total. The molecule has 0 saturated carbocycles. The Hall–Kier alpha value is -0.930. The van der Waals surface area contributed by atoms with Gasteiger partial charge in [0, 0.05) is 12.5 Å². The number of alkyl halides is 2. The first-order valence-corrected chi connectivity index (χ1v) is 3.49. The van der Waals surface area contributed by atoms with E-state index in [1.807, 2.05) is 0 Å². The van der Waals surface area contributed by atoms with E-state index in [1.54, 1.807) is 0 Å². The highest BCUT2D eigenvalue weighted by molar-refractivity contribution is 5.87. The van der Waals surface area contributed by atoms with Gasteiger partial charge in [0.1, 0.15) is 0 Å². The Morgan fingerprint density at radius 2 is 2.00 bits per heavy atom. The average molecular weight is 178 g/mol. The molecule has 12 heavy (non-hydrogen) atoms. The Morgan fingerprint density at radius 1 is 1.58 bits per heavy atom. The van der Waals surface area contributed by atoms with Gasteiger partial charge in [0.2, 0.25) is 0 Å². The molecule has 0 amide bonds. The lowest BCUT2D eigenvalue weighted by atomic mass is 10.2. The normalized spacial score (nSPS) is 13.8. The van der Waals surface area contributed by atoms with Gasteiger partial charge in [-0.1, -0.05) is 6.58 Å². The summed E-state index contributed by atoms with van der Waals surface area (Å²) < 4.78 is 29.3. The van der Waals surface area contributed by atoms with E-state index in [-0.39, 0.29) is 5.57 Å². The molecular weight excluding hydrogens is 166 g/mol. The third-order valence-electron chi connectivity index (χ3n) is 1.35. The molecule has 0 aliphatic heterocycles. The zero-order valence-electron chi connectivity index (χ0n) is 7.36. The van der Waals surface area contributed by atoms with Crippen molar-refractivity contribution in [2.24, 2.45) is 0 Å². The highest BCUT2D eigenvalue weighted by atomic mass is 19.3. The lowest BCUT2D eigenvalue weighted by Gasteiger charge is -2.19. The summed E-state index contributed by atoms with van der Waals surface area (Å²) in [4.78, 5) is 10.7. The summed E-state index contributed by atoms with van der Waals surface area (Å²) in [6.45, 7) is 6.51. The molecule has 0 N–H and O–H groups in total. The van der Waals surface area contributed by atoms with Gasteiger partial charge in [0.25, 0.3) is 5.92 Å². The van der Waals surface area contributed by atoms with Gasteiger partial charge in [-0.25, -0.2) is 13.6 Å². The van der Waals surface area contributed by atoms with Crippen molar-refractivity contribution in [2.75, 3.05) is 0 Å². The summed E-state index contributed by atoms with van der Waals surface area (Å²) in [5.74, 6) is -3.80. The molecule has 0 aromatic heterocycles. The van der Waals surface area contributed by atoms with Gasteiger partial charge in [-0.15, -0.1) is 0 Å². The summed E-state index contributed by atoms with van der Waals surface area (Å²) in [7, 11) is 0. The second kappa shape index (κ2) is 3.65. The van der Waals surface area contributed by atoms with E-state index in [4.69, 9.17) is 0 Å². The van der Waals surface area contributed by atoms with Crippen molar-refractivity contribution < 1.29 is 18.3 Å². The number of hydrogen-bond acceptors (Lipinski definition) is 2. The van der Waals surface area contributed by atoms with E-state index in [9.17, 15) is 13.6 Å². The third-order valence-corrected chi connectivity index (χ3v) is 1.35. The van der Waals surface area contributed by atoms with Crippen LogP contribution in [-0.2, 0) is 9.53 Å². The van der Waals surface area contributed by atoms with E-state index in [0.717, 1.165) is 6.92 Å². The van der Waals surface area contributed by atoms with Crippen molar-refractivity contribution in [3.8, 4) is 0 Å². The Morgan fingerprint density at radius 3 is 2.25 bits per heavy atom. The van der Waals surface area contributed by atoms with Gasteiger partial charge in [-0.05, 0) is 13.8 Å². The smallest absolute Gasteiger partial charge is 0.333 e. The van der Waals surface area contributed by atoms with Crippen LogP contribution < -0.4 is 0 Å². The molecule has 0 radical (unpaired) electrons. The molecule has 0 heterocycles. The highest BCUT2D eigenvalue weighted by Crippen LogP contribution is 2.20. The van der Waals surface area contributed by atoms with Gasteiger partial charge < -0.3 is 4.74 Å². The fraction of sp³-hybridized carbons (Fsp3) is 0.625. The van der Waals surface area contributed by atoms with Crippen molar-refractivity contribution in [3.05, 3.63) is 12.2 Å². The number of esters is 1. The van der Waals surface area contributed by atoms with Gasteiger partial charge in [-0.3, -0.25) is 0 Å². The molecule has 1 unspecified atom stereocenters. The van der Waals surface area contributed by atoms with Gasteiger partial charge in [-0.2, -0.15) is 0 Å². The molecule has 0 aliphatic carbocycles. The van der Waals surface area contributed by atoms with Crippen molar-refractivity contribution in [2.45, 2.75) is 32.8 Å². The maximum Gasteiger partial charge on any atom is 0.333 e. The molecule has 0 fully saturated rings. The fourth-order valence-electron chi connectivity index (χ4n) is 0.365. The molecule has 0 spiro atoms. The molecule has 1 atom stereocenters. The summed E-state index contributed by atoms with van der Waals surface area (Å²) in [5.41, 5.74) is 0.117. The SMILES string of the molecule is C=C(C)C(=O)OC(C)C(C)(F)F. The summed E-state index contributed by atoms with van der Waals surface area (Å²) in [6, 6.07) is 0. The first-order valence-electron chi connectivity index (χ1n) is 3.49. The fourth-order valence-corrected chi connectivity index (χ4v) is 0.365. The second-order valence-corrected chi connectivity index (χ2v) is 2.78. The van der Waals surface area contributed by atoms with E-state index in [2.05, 4.69) is 11.3 Å². The average Bonchev–Trinajstić information content (AvgIpc) is 1.85. The molecule has 0 rings (SSSR count). The number of rotatable bonds is 3. The van der Waals surface area contributed by atoms with Crippen molar-refractivity contribution in [3.63, 3.8) is 0 Å². The Labute approximate surface area is 70.2 Å². The van der Waals surface area contributed by atoms with E-state index in [1.165, 1.54) is 6.92 Å². The van der Waals surface area contributed by atoms with E-state index >= 15 is 0 Å². The summed E-state index contributed by atoms with van der Waals surface area (Å²) >= 11 is 0. The Bertz CT molecular complexity index is 194. The van der Waals surface area contributed by atoms with Crippen LogP contribution in [0.1, 0.15) is 20.8 Å². The van der Waals surface area contributed by atoms with E-state index < -0.39 is 18.0 Å². The number of carbonyl (C=O) groups is 1. The zero-order valence-corrected chi connectivity index (χ0v) is 7.36. The Kier molecular flexibility index (Phi) is 3.36. The molecule has 0 aliphatic rings. The van der Waals surface area contributed by atoms with Crippen LogP contribution in [0.15, 0.2) is 12.2 Å². The molecular formula is C8H12F2O2. The summed E-state index contributed by atoms with van der Waals surface area (Å²) in [5, 5.41) is 0. The third kappa shape index (κ3) is 3.46. The van der Waals surface area contributed by atoms with Crippen LogP contribution >= 0.6 is 0 Å². The quantitative estimate of drug-likeness (QED) is 0.489. The predicted molar refractivity (Wildman–Crippen MR) is 41.0 cm³/mol.